The summed E-state index contributed by atoms with van der Waals surface area (Å²) in [5, 5.41) is 10.8. The minimum absolute atomic E-state index is 0.00841. The number of ether oxygens (including phenoxy) is 1. The fourth-order valence-corrected chi connectivity index (χ4v) is 5.72. The molecule has 4 rings (SSSR count). The van der Waals surface area contributed by atoms with Gasteiger partial charge in [0.25, 0.3) is 11.6 Å². The zero-order valence-corrected chi connectivity index (χ0v) is 20.5. The van der Waals surface area contributed by atoms with Crippen LogP contribution in [0, 0.1) is 24.0 Å². The van der Waals surface area contributed by atoms with E-state index in [0.29, 0.717) is 5.56 Å². The van der Waals surface area contributed by atoms with Crippen molar-refractivity contribution in [3.8, 4) is 11.4 Å². The van der Waals surface area contributed by atoms with Gasteiger partial charge in [-0.15, -0.1) is 0 Å². The highest BCUT2D eigenvalue weighted by Crippen LogP contribution is 2.25. The zero-order valence-electron chi connectivity index (χ0n) is 19.7. The van der Waals surface area contributed by atoms with Crippen molar-refractivity contribution in [2.45, 2.75) is 18.7 Å². The predicted molar refractivity (Wildman–Crippen MR) is 130 cm³/mol. The molecule has 35 heavy (non-hydrogen) atoms. The van der Waals surface area contributed by atoms with Crippen LogP contribution in [0.25, 0.3) is 5.69 Å². The number of hydrogen-bond donors (Lipinski definition) is 0. The Morgan fingerprint density at radius 3 is 2.11 bits per heavy atom. The second-order valence-electron chi connectivity index (χ2n) is 8.27. The summed E-state index contributed by atoms with van der Waals surface area (Å²) in [4.78, 5) is 25.2. The number of nitrogens with zero attached hydrogens (tertiary/aromatic N) is 4. The minimum atomic E-state index is -3.81. The van der Waals surface area contributed by atoms with Crippen LogP contribution in [0.15, 0.2) is 59.5 Å². The van der Waals surface area contributed by atoms with Crippen molar-refractivity contribution in [3.63, 3.8) is 0 Å². The highest BCUT2D eigenvalue weighted by Gasteiger charge is 2.31. The molecule has 1 amide bonds. The molecule has 10 nitrogen and oxygen atoms in total. The van der Waals surface area contributed by atoms with Crippen LogP contribution in [-0.2, 0) is 10.0 Å². The van der Waals surface area contributed by atoms with Crippen LogP contribution in [-0.4, -0.2) is 66.3 Å². The van der Waals surface area contributed by atoms with Crippen LogP contribution < -0.4 is 4.74 Å². The lowest BCUT2D eigenvalue weighted by molar-refractivity contribution is -0.384. The number of hydrogen-bond acceptors (Lipinski definition) is 6. The molecule has 1 saturated heterocycles. The molecule has 0 N–H and O–H groups in total. The summed E-state index contributed by atoms with van der Waals surface area (Å²) >= 11 is 0. The Labute approximate surface area is 203 Å². The molecule has 0 atom stereocenters. The van der Waals surface area contributed by atoms with E-state index >= 15 is 0 Å². The highest BCUT2D eigenvalue weighted by molar-refractivity contribution is 7.89. The average molecular weight is 499 g/mol. The van der Waals surface area contributed by atoms with E-state index in [0.717, 1.165) is 22.8 Å². The summed E-state index contributed by atoms with van der Waals surface area (Å²) in [5.74, 6) is 0.597. The van der Waals surface area contributed by atoms with E-state index in [9.17, 15) is 23.3 Å². The number of nitro benzene ring substituents is 1. The van der Waals surface area contributed by atoms with Crippen molar-refractivity contribution in [1.82, 2.24) is 13.8 Å². The van der Waals surface area contributed by atoms with Crippen molar-refractivity contribution in [2.24, 2.45) is 0 Å². The Morgan fingerprint density at radius 2 is 1.57 bits per heavy atom. The second-order valence-corrected chi connectivity index (χ2v) is 10.2. The van der Waals surface area contributed by atoms with E-state index in [2.05, 4.69) is 0 Å². The van der Waals surface area contributed by atoms with Gasteiger partial charge in [-0.1, -0.05) is 0 Å². The molecule has 1 aliphatic heterocycles. The SMILES string of the molecule is COc1ccc(-n2c(C)cc(C(=O)N3CCN(S(=O)(=O)c4ccc([N+](=O)[O-])cc4)CC3)c2C)cc1. The molecule has 0 radical (unpaired) electrons. The molecule has 0 aliphatic carbocycles. The second kappa shape index (κ2) is 9.51. The largest absolute Gasteiger partial charge is 0.497 e. The van der Waals surface area contributed by atoms with Gasteiger partial charge in [-0.25, -0.2) is 8.42 Å². The third-order valence-corrected chi connectivity index (χ3v) is 8.12. The number of carbonyl (C=O) groups excluding carboxylic acids is 1. The summed E-state index contributed by atoms with van der Waals surface area (Å²) in [6.07, 6.45) is 0. The monoisotopic (exact) mass is 498 g/mol. The summed E-state index contributed by atoms with van der Waals surface area (Å²) in [5.41, 5.74) is 3.03. The lowest BCUT2D eigenvalue weighted by Gasteiger charge is -2.34. The van der Waals surface area contributed by atoms with Gasteiger partial charge in [-0.05, 0) is 56.3 Å². The number of benzene rings is 2. The number of rotatable bonds is 6. The topological polar surface area (TPSA) is 115 Å². The van der Waals surface area contributed by atoms with E-state index in [1.165, 1.54) is 28.6 Å². The number of sulfonamides is 1. The van der Waals surface area contributed by atoms with Gasteiger partial charge in [0.1, 0.15) is 5.75 Å². The number of carbonyl (C=O) groups is 1. The average Bonchev–Trinajstić information content (AvgIpc) is 3.17. The number of amides is 1. The molecule has 0 bridgehead atoms. The molecule has 2 aromatic carbocycles. The van der Waals surface area contributed by atoms with E-state index in [-0.39, 0.29) is 42.7 Å². The maximum Gasteiger partial charge on any atom is 0.269 e. The first-order valence-electron chi connectivity index (χ1n) is 11.0. The molecule has 0 saturated carbocycles. The highest BCUT2D eigenvalue weighted by atomic mass is 32.2. The third kappa shape index (κ3) is 4.64. The molecule has 11 heteroatoms. The number of non-ortho nitro benzene ring substituents is 1. The molecule has 1 aromatic heterocycles. The summed E-state index contributed by atoms with van der Waals surface area (Å²) in [7, 11) is -2.21. The van der Waals surface area contributed by atoms with Crippen LogP contribution in [0.5, 0.6) is 5.75 Å². The summed E-state index contributed by atoms with van der Waals surface area (Å²) < 4.78 is 34.4. The first-order chi connectivity index (χ1) is 16.6. The van der Waals surface area contributed by atoms with Gasteiger partial charge in [0.15, 0.2) is 0 Å². The van der Waals surface area contributed by atoms with Crippen LogP contribution >= 0.6 is 0 Å². The molecule has 1 aliphatic rings. The van der Waals surface area contributed by atoms with Crippen molar-refractivity contribution in [2.75, 3.05) is 33.3 Å². The number of nitro groups is 1. The first-order valence-corrected chi connectivity index (χ1v) is 12.4. The Kier molecular flexibility index (Phi) is 6.64. The Hall–Kier alpha value is -3.70. The van der Waals surface area contributed by atoms with Gasteiger partial charge in [0, 0.05) is 55.4 Å². The van der Waals surface area contributed by atoms with Crippen LogP contribution in [0.2, 0.25) is 0 Å². The van der Waals surface area contributed by atoms with E-state index in [4.69, 9.17) is 4.74 Å². The summed E-state index contributed by atoms with van der Waals surface area (Å²) in [6, 6.07) is 14.2. The maximum atomic E-state index is 13.3. The molecule has 0 spiro atoms. The van der Waals surface area contributed by atoms with Gasteiger partial charge in [0.05, 0.1) is 22.5 Å². The molecule has 2 heterocycles. The quantitative estimate of drug-likeness (QED) is 0.381. The Morgan fingerprint density at radius 1 is 0.971 bits per heavy atom. The van der Waals surface area contributed by atoms with Gasteiger partial charge in [0.2, 0.25) is 10.0 Å². The molecule has 0 unspecified atom stereocenters. The number of aryl methyl sites for hydroxylation is 1. The lowest BCUT2D eigenvalue weighted by atomic mass is 10.2. The minimum Gasteiger partial charge on any atom is -0.497 e. The van der Waals surface area contributed by atoms with Gasteiger partial charge in [-0.3, -0.25) is 14.9 Å². The standard InChI is InChI=1S/C24H26N4O6S/c1-17-16-23(18(2)27(17)19-4-8-21(34-3)9-5-19)24(29)25-12-14-26(15-13-25)35(32,33)22-10-6-20(7-11-22)28(30)31/h4-11,16H,12-15H2,1-3H3. The third-order valence-electron chi connectivity index (χ3n) is 6.20. The van der Waals surface area contributed by atoms with Crippen molar-refractivity contribution in [3.05, 3.63) is 81.7 Å². The van der Waals surface area contributed by atoms with E-state index < -0.39 is 14.9 Å². The molecule has 3 aromatic rings. The Balaban J connectivity index is 1.48. The lowest BCUT2D eigenvalue weighted by Crippen LogP contribution is -2.50. The molecular weight excluding hydrogens is 472 g/mol. The molecule has 184 valence electrons. The number of piperazine rings is 1. The van der Waals surface area contributed by atoms with Gasteiger partial charge in [-0.2, -0.15) is 4.31 Å². The Bertz CT molecular complexity index is 1360. The van der Waals surface area contributed by atoms with Gasteiger partial charge < -0.3 is 14.2 Å². The zero-order chi connectivity index (χ0) is 25.3. The molecule has 1 fully saturated rings. The number of methoxy groups -OCH3 is 1. The fraction of sp³-hybridized carbons (Fsp3) is 0.292. The van der Waals surface area contributed by atoms with Gasteiger partial charge >= 0.3 is 0 Å². The molecular formula is C24H26N4O6S. The smallest absolute Gasteiger partial charge is 0.269 e. The van der Waals surface area contributed by atoms with E-state index in [1.54, 1.807) is 12.0 Å². The van der Waals surface area contributed by atoms with Crippen molar-refractivity contribution >= 4 is 21.6 Å². The van der Waals surface area contributed by atoms with Crippen LogP contribution in [0.1, 0.15) is 21.7 Å². The van der Waals surface area contributed by atoms with Crippen LogP contribution in [0.4, 0.5) is 5.69 Å². The maximum absolute atomic E-state index is 13.3. The predicted octanol–water partition coefficient (Wildman–Crippen LogP) is 3.16. The first kappa shape index (κ1) is 24.4. The number of aromatic nitrogens is 1. The summed E-state index contributed by atoms with van der Waals surface area (Å²) in [6.45, 7) is 4.60. The van der Waals surface area contributed by atoms with Crippen LogP contribution in [0.3, 0.4) is 0 Å². The fourth-order valence-electron chi connectivity index (χ4n) is 4.30. The van der Waals surface area contributed by atoms with E-state index in [1.807, 2.05) is 48.7 Å². The van der Waals surface area contributed by atoms with Crippen molar-refractivity contribution < 1.29 is 22.9 Å². The van der Waals surface area contributed by atoms with Crippen molar-refractivity contribution in [1.29, 1.82) is 0 Å². The normalized spacial score (nSPS) is 14.7.